The van der Waals surface area contributed by atoms with E-state index >= 15 is 0 Å². The molecule has 1 amide bonds. The second kappa shape index (κ2) is 6.93. The summed E-state index contributed by atoms with van der Waals surface area (Å²) in [7, 11) is 0. The average molecular weight is 371 g/mol. The molecule has 0 aliphatic carbocycles. The van der Waals surface area contributed by atoms with Crippen molar-refractivity contribution in [2.45, 2.75) is 32.0 Å². The Balaban J connectivity index is 1.42. The van der Waals surface area contributed by atoms with E-state index in [1.165, 1.54) is 0 Å². The van der Waals surface area contributed by atoms with Gasteiger partial charge < -0.3 is 11.1 Å². The highest BCUT2D eigenvalue weighted by Crippen LogP contribution is 2.23. The van der Waals surface area contributed by atoms with Gasteiger partial charge in [0.15, 0.2) is 5.69 Å². The molecule has 7 nitrogen and oxygen atoms in total. The highest BCUT2D eigenvalue weighted by atomic mass is 35.5. The normalized spacial score (nSPS) is 16.3. The third-order valence-corrected chi connectivity index (χ3v) is 4.69. The third kappa shape index (κ3) is 3.36. The monoisotopic (exact) mass is 370 g/mol. The van der Waals surface area contributed by atoms with Crippen molar-refractivity contribution in [2.75, 3.05) is 0 Å². The first-order valence-corrected chi connectivity index (χ1v) is 8.90. The van der Waals surface area contributed by atoms with Crippen LogP contribution in [0.5, 0.6) is 0 Å². The van der Waals surface area contributed by atoms with Crippen LogP contribution in [0.15, 0.2) is 42.6 Å². The van der Waals surface area contributed by atoms with Crippen molar-refractivity contribution < 1.29 is 4.79 Å². The summed E-state index contributed by atoms with van der Waals surface area (Å²) in [6.45, 7) is 1.13. The van der Waals surface area contributed by atoms with E-state index in [4.69, 9.17) is 17.3 Å². The lowest BCUT2D eigenvalue weighted by Crippen LogP contribution is -2.24. The third-order valence-electron chi connectivity index (χ3n) is 4.46. The maximum absolute atomic E-state index is 12.4. The molecule has 1 unspecified atom stereocenters. The van der Waals surface area contributed by atoms with Crippen LogP contribution in [0.4, 0.5) is 0 Å². The first kappa shape index (κ1) is 16.8. The maximum Gasteiger partial charge on any atom is 0.272 e. The highest BCUT2D eigenvalue weighted by molar-refractivity contribution is 6.30. The van der Waals surface area contributed by atoms with Gasteiger partial charge in [0.1, 0.15) is 0 Å². The van der Waals surface area contributed by atoms with E-state index in [1.54, 1.807) is 10.7 Å². The molecule has 134 valence electrons. The van der Waals surface area contributed by atoms with Crippen LogP contribution < -0.4 is 11.1 Å². The Morgan fingerprint density at radius 1 is 1.31 bits per heavy atom. The predicted molar refractivity (Wildman–Crippen MR) is 98.1 cm³/mol. The smallest absolute Gasteiger partial charge is 0.272 e. The van der Waals surface area contributed by atoms with Crippen molar-refractivity contribution in [3.63, 3.8) is 0 Å². The summed E-state index contributed by atoms with van der Waals surface area (Å²) in [5, 5.41) is 12.3. The molecule has 0 saturated heterocycles. The first-order chi connectivity index (χ1) is 12.6. The molecule has 1 aliphatic rings. The minimum atomic E-state index is -0.226. The summed E-state index contributed by atoms with van der Waals surface area (Å²) in [5.41, 5.74) is 9.01. The Morgan fingerprint density at radius 3 is 3.00 bits per heavy atom. The number of hydrogen-bond acceptors (Lipinski definition) is 4. The molecule has 3 aromatic rings. The summed E-state index contributed by atoms with van der Waals surface area (Å²) in [6, 6.07) is 11.0. The van der Waals surface area contributed by atoms with E-state index in [0.29, 0.717) is 17.3 Å². The lowest BCUT2D eigenvalue weighted by atomic mass is 10.1. The molecule has 0 radical (unpaired) electrons. The molecule has 4 rings (SSSR count). The minimum Gasteiger partial charge on any atom is -0.345 e. The van der Waals surface area contributed by atoms with Crippen LogP contribution in [0.3, 0.4) is 0 Å². The van der Waals surface area contributed by atoms with E-state index in [0.717, 1.165) is 36.5 Å². The standard InChI is InChI=1S/C18H19ClN6O/c19-12-3-1-4-14(9-12)24-8-6-13(22-24)11-21-18(26)16-10-17-15(20)5-2-7-25(17)23-16/h1,3-4,6,8-10,15H,2,5,7,11,20H2,(H,21,26). The molecule has 0 saturated carbocycles. The Bertz CT molecular complexity index is 947. The summed E-state index contributed by atoms with van der Waals surface area (Å²) >= 11 is 6.01. The Labute approximate surface area is 155 Å². The fourth-order valence-corrected chi connectivity index (χ4v) is 3.29. The molecule has 0 bridgehead atoms. The summed E-state index contributed by atoms with van der Waals surface area (Å²) < 4.78 is 3.55. The van der Waals surface area contributed by atoms with Crippen LogP contribution in [0, 0.1) is 0 Å². The van der Waals surface area contributed by atoms with E-state index in [2.05, 4.69) is 15.5 Å². The first-order valence-electron chi connectivity index (χ1n) is 8.52. The van der Waals surface area contributed by atoms with E-state index in [9.17, 15) is 4.79 Å². The largest absolute Gasteiger partial charge is 0.345 e. The van der Waals surface area contributed by atoms with Crippen molar-refractivity contribution in [1.82, 2.24) is 24.9 Å². The van der Waals surface area contributed by atoms with Gasteiger partial charge in [-0.2, -0.15) is 10.2 Å². The number of nitrogens with one attached hydrogen (secondary N) is 1. The van der Waals surface area contributed by atoms with Gasteiger partial charge in [-0.25, -0.2) is 4.68 Å². The van der Waals surface area contributed by atoms with Gasteiger partial charge in [0.2, 0.25) is 0 Å². The van der Waals surface area contributed by atoms with Gasteiger partial charge in [-0.1, -0.05) is 17.7 Å². The minimum absolute atomic E-state index is 0.0498. The van der Waals surface area contributed by atoms with Crippen molar-refractivity contribution in [3.8, 4) is 5.69 Å². The van der Waals surface area contributed by atoms with Crippen molar-refractivity contribution >= 4 is 17.5 Å². The Hall–Kier alpha value is -2.64. The lowest BCUT2D eigenvalue weighted by molar-refractivity contribution is 0.0944. The Morgan fingerprint density at radius 2 is 2.19 bits per heavy atom. The van der Waals surface area contributed by atoms with Gasteiger partial charge in [0.25, 0.3) is 5.91 Å². The second-order valence-electron chi connectivity index (χ2n) is 6.34. The van der Waals surface area contributed by atoms with Gasteiger partial charge in [0, 0.05) is 23.8 Å². The zero-order valence-corrected chi connectivity index (χ0v) is 14.9. The summed E-state index contributed by atoms with van der Waals surface area (Å²) in [5.74, 6) is -0.226. The van der Waals surface area contributed by atoms with Crippen molar-refractivity contribution in [3.05, 3.63) is 64.7 Å². The molecular weight excluding hydrogens is 352 g/mol. The van der Waals surface area contributed by atoms with Crippen LogP contribution in [0.25, 0.3) is 5.69 Å². The number of nitrogens with two attached hydrogens (primary N) is 1. The molecule has 1 atom stereocenters. The number of aromatic nitrogens is 4. The van der Waals surface area contributed by atoms with Crippen LogP contribution in [0.1, 0.15) is 40.8 Å². The fraction of sp³-hybridized carbons (Fsp3) is 0.278. The van der Waals surface area contributed by atoms with E-state index < -0.39 is 0 Å². The predicted octanol–water partition coefficient (Wildman–Crippen LogP) is 2.45. The maximum atomic E-state index is 12.4. The molecule has 3 heterocycles. The fourth-order valence-electron chi connectivity index (χ4n) is 3.11. The van der Waals surface area contributed by atoms with Gasteiger partial charge in [-0.15, -0.1) is 0 Å². The van der Waals surface area contributed by atoms with Crippen LogP contribution in [-0.2, 0) is 13.1 Å². The highest BCUT2D eigenvalue weighted by Gasteiger charge is 2.21. The zero-order chi connectivity index (χ0) is 18.1. The zero-order valence-electron chi connectivity index (χ0n) is 14.1. The van der Waals surface area contributed by atoms with E-state index in [-0.39, 0.29) is 11.9 Å². The number of carbonyl (C=O) groups is 1. The SMILES string of the molecule is NC1CCCn2nc(C(=O)NCc3ccn(-c4cccc(Cl)c4)n3)cc21. The van der Waals surface area contributed by atoms with Gasteiger partial charge >= 0.3 is 0 Å². The summed E-state index contributed by atoms with van der Waals surface area (Å²) in [4.78, 5) is 12.4. The topological polar surface area (TPSA) is 90.8 Å². The molecule has 26 heavy (non-hydrogen) atoms. The number of fused-ring (bicyclic) bond motifs is 1. The molecule has 2 aromatic heterocycles. The quantitative estimate of drug-likeness (QED) is 0.738. The average Bonchev–Trinajstić information content (AvgIpc) is 3.27. The second-order valence-corrected chi connectivity index (χ2v) is 6.78. The molecule has 3 N–H and O–H groups in total. The van der Waals surface area contributed by atoms with E-state index in [1.807, 2.05) is 41.2 Å². The Kier molecular flexibility index (Phi) is 4.48. The number of aryl methyl sites for hydroxylation is 1. The van der Waals surface area contributed by atoms with Gasteiger partial charge in [-0.3, -0.25) is 9.48 Å². The van der Waals surface area contributed by atoms with Crippen molar-refractivity contribution in [1.29, 1.82) is 0 Å². The molecule has 0 spiro atoms. The number of halogens is 1. The molecular formula is C18H19ClN6O. The number of hydrogen-bond donors (Lipinski definition) is 2. The molecule has 0 fully saturated rings. The van der Waals surface area contributed by atoms with Crippen LogP contribution >= 0.6 is 11.6 Å². The number of carbonyl (C=O) groups excluding carboxylic acids is 1. The lowest BCUT2D eigenvalue weighted by Gasteiger charge is -2.19. The molecule has 8 heteroatoms. The number of benzene rings is 1. The summed E-state index contributed by atoms with van der Waals surface area (Å²) in [6.07, 6.45) is 3.74. The number of amides is 1. The molecule has 1 aliphatic heterocycles. The number of rotatable bonds is 4. The van der Waals surface area contributed by atoms with Crippen molar-refractivity contribution in [2.24, 2.45) is 5.73 Å². The van der Waals surface area contributed by atoms with Gasteiger partial charge in [-0.05, 0) is 43.2 Å². The number of nitrogens with zero attached hydrogens (tertiary/aromatic N) is 4. The van der Waals surface area contributed by atoms with Crippen LogP contribution in [0.2, 0.25) is 5.02 Å². The molecule has 1 aromatic carbocycles. The van der Waals surface area contributed by atoms with Crippen LogP contribution in [-0.4, -0.2) is 25.5 Å². The van der Waals surface area contributed by atoms with Gasteiger partial charge in [0.05, 0.1) is 23.6 Å².